The van der Waals surface area contributed by atoms with Crippen molar-refractivity contribution in [3.8, 4) is 11.1 Å². The fourth-order valence-electron chi connectivity index (χ4n) is 5.52. The van der Waals surface area contributed by atoms with Gasteiger partial charge in [-0.25, -0.2) is 17.1 Å². The third kappa shape index (κ3) is 4.53. The van der Waals surface area contributed by atoms with Crippen LogP contribution < -0.4 is 0 Å². The summed E-state index contributed by atoms with van der Waals surface area (Å²) in [5, 5.41) is 0. The highest BCUT2D eigenvalue weighted by Gasteiger charge is 2.48. The van der Waals surface area contributed by atoms with Crippen LogP contribution in [0.25, 0.3) is 11.1 Å². The fourth-order valence-corrected chi connectivity index (χ4v) is 6.63. The number of nitrogens with zero attached hydrogens (tertiary/aromatic N) is 1. The van der Waals surface area contributed by atoms with Crippen LogP contribution in [-0.2, 0) is 19.6 Å². The number of ketones is 2. The zero-order valence-corrected chi connectivity index (χ0v) is 20.2. The van der Waals surface area contributed by atoms with E-state index >= 15 is 0 Å². The zero-order chi connectivity index (χ0) is 24.0. The summed E-state index contributed by atoms with van der Waals surface area (Å²) in [5.41, 5.74) is 3.90. The van der Waals surface area contributed by atoms with Gasteiger partial charge in [0.25, 0.3) is 0 Å². The molecular weight excluding hydrogens is 441 g/mol. The molecule has 0 N–H and O–H groups in total. The maximum Gasteiger partial charge on any atom is 0.213 e. The first-order chi connectivity index (χ1) is 15.5. The van der Waals surface area contributed by atoms with Crippen molar-refractivity contribution < 1.29 is 22.4 Å². The van der Waals surface area contributed by atoms with Gasteiger partial charge in [-0.15, -0.1) is 0 Å². The number of halogens is 1. The first-order valence-electron chi connectivity index (χ1n) is 11.5. The van der Waals surface area contributed by atoms with Gasteiger partial charge in [-0.3, -0.25) is 9.59 Å². The highest BCUT2D eigenvalue weighted by molar-refractivity contribution is 7.89. The van der Waals surface area contributed by atoms with E-state index in [-0.39, 0.29) is 23.1 Å². The van der Waals surface area contributed by atoms with Gasteiger partial charge in [0.05, 0.1) is 5.75 Å². The topological polar surface area (TPSA) is 71.5 Å². The lowest BCUT2D eigenvalue weighted by Gasteiger charge is -2.44. The maximum absolute atomic E-state index is 13.3. The molecule has 1 heterocycles. The first-order valence-corrected chi connectivity index (χ1v) is 13.1. The molecule has 4 rings (SSSR count). The van der Waals surface area contributed by atoms with Crippen LogP contribution in [0.5, 0.6) is 0 Å². The second kappa shape index (κ2) is 8.76. The summed E-state index contributed by atoms with van der Waals surface area (Å²) in [6.07, 6.45) is 1.69. The molecule has 1 aliphatic heterocycles. The van der Waals surface area contributed by atoms with E-state index in [9.17, 15) is 22.4 Å². The predicted octanol–water partition coefficient (Wildman–Crippen LogP) is 4.56. The second-order valence-corrected chi connectivity index (χ2v) is 11.8. The van der Waals surface area contributed by atoms with Crippen molar-refractivity contribution >= 4 is 21.6 Å². The normalized spacial score (nSPS) is 19.9. The van der Waals surface area contributed by atoms with Gasteiger partial charge in [0, 0.05) is 25.9 Å². The third-order valence-electron chi connectivity index (χ3n) is 7.34. The van der Waals surface area contributed by atoms with Crippen molar-refractivity contribution in [3.05, 3.63) is 58.9 Å². The van der Waals surface area contributed by atoms with Crippen LogP contribution in [-0.4, -0.2) is 43.1 Å². The van der Waals surface area contributed by atoms with E-state index in [2.05, 4.69) is 0 Å². The number of hydrogen-bond acceptors (Lipinski definition) is 4. The van der Waals surface area contributed by atoms with Gasteiger partial charge in [-0.2, -0.15) is 0 Å². The van der Waals surface area contributed by atoms with Crippen molar-refractivity contribution in [2.24, 2.45) is 5.41 Å². The van der Waals surface area contributed by atoms with Crippen LogP contribution in [0.1, 0.15) is 55.2 Å². The van der Waals surface area contributed by atoms with E-state index in [1.54, 1.807) is 19.1 Å². The van der Waals surface area contributed by atoms with E-state index in [4.69, 9.17) is 0 Å². The fraction of sp³-hybridized carbons (Fsp3) is 0.462. The molecule has 1 aliphatic carbocycles. The minimum Gasteiger partial charge on any atom is -0.299 e. The monoisotopic (exact) mass is 471 g/mol. The molecule has 2 aromatic carbocycles. The number of carbonyl (C=O) groups excluding carboxylic acids is 2. The number of aryl methyl sites for hydroxylation is 2. The number of Topliss-reactive ketones (excluding diaryl/α,β-unsaturated/α-hetero) is 2. The average molecular weight is 472 g/mol. The molecule has 5 nitrogen and oxygen atoms in total. The van der Waals surface area contributed by atoms with Gasteiger partial charge in [0.1, 0.15) is 23.3 Å². The SMILES string of the molecule is CCS(=O)(=O)N1CCC2(CC1)CC(=O)C(c1c(C)cc(-c3ccc(F)cc3)cc1C)C(=O)C2. The first kappa shape index (κ1) is 23.8. The van der Waals surface area contributed by atoms with Crippen LogP contribution in [0.3, 0.4) is 0 Å². The third-order valence-corrected chi connectivity index (χ3v) is 9.23. The van der Waals surface area contributed by atoms with Gasteiger partial charge in [0.15, 0.2) is 0 Å². The Bertz CT molecular complexity index is 1150. The van der Waals surface area contributed by atoms with E-state index < -0.39 is 21.4 Å². The quantitative estimate of drug-likeness (QED) is 0.613. The summed E-state index contributed by atoms with van der Waals surface area (Å²) in [4.78, 5) is 26.6. The van der Waals surface area contributed by atoms with Crippen molar-refractivity contribution in [1.82, 2.24) is 4.31 Å². The largest absolute Gasteiger partial charge is 0.299 e. The Morgan fingerprint density at radius 1 is 0.939 bits per heavy atom. The molecule has 2 aliphatic rings. The molecule has 0 amide bonds. The molecule has 2 fully saturated rings. The summed E-state index contributed by atoms with van der Waals surface area (Å²) in [7, 11) is -3.26. The molecule has 0 unspecified atom stereocenters. The summed E-state index contributed by atoms with van der Waals surface area (Å²) in [5.74, 6) is -1.14. The number of piperidine rings is 1. The average Bonchev–Trinajstić information content (AvgIpc) is 2.76. The molecular formula is C26H30FNO4S. The van der Waals surface area contributed by atoms with Crippen molar-refractivity contribution in [3.63, 3.8) is 0 Å². The molecule has 1 saturated carbocycles. The van der Waals surface area contributed by atoms with Crippen molar-refractivity contribution in [2.75, 3.05) is 18.8 Å². The standard InChI is InChI=1S/C26H30FNO4S/c1-4-33(31,32)28-11-9-26(10-12-28)15-22(29)25(23(30)16-26)24-17(2)13-20(14-18(24)3)19-5-7-21(27)8-6-19/h5-8,13-14,25H,4,9-12,15-16H2,1-3H3. The zero-order valence-electron chi connectivity index (χ0n) is 19.4. The minimum atomic E-state index is -3.26. The Morgan fingerprint density at radius 3 is 1.94 bits per heavy atom. The Labute approximate surface area is 195 Å². The van der Waals surface area contributed by atoms with Gasteiger partial charge in [-0.05, 0) is 79.0 Å². The Morgan fingerprint density at radius 2 is 1.45 bits per heavy atom. The smallest absolute Gasteiger partial charge is 0.213 e. The van der Waals surface area contributed by atoms with E-state index in [0.29, 0.717) is 38.8 Å². The molecule has 0 radical (unpaired) electrons. The lowest BCUT2D eigenvalue weighted by Crippen LogP contribution is -2.48. The van der Waals surface area contributed by atoms with Gasteiger partial charge in [0.2, 0.25) is 10.0 Å². The van der Waals surface area contributed by atoms with Gasteiger partial charge in [-0.1, -0.05) is 24.3 Å². The molecule has 2 aromatic rings. The van der Waals surface area contributed by atoms with Crippen LogP contribution >= 0.6 is 0 Å². The summed E-state index contributed by atoms with van der Waals surface area (Å²) < 4.78 is 39.2. The van der Waals surface area contributed by atoms with Crippen LogP contribution in [0.4, 0.5) is 4.39 Å². The summed E-state index contributed by atoms with van der Waals surface area (Å²) in [6, 6.07) is 10.2. The molecule has 0 aromatic heterocycles. The van der Waals surface area contributed by atoms with Crippen LogP contribution in [0, 0.1) is 25.1 Å². The van der Waals surface area contributed by atoms with Gasteiger partial charge >= 0.3 is 0 Å². The number of carbonyl (C=O) groups is 2. The van der Waals surface area contributed by atoms with Crippen LogP contribution in [0.15, 0.2) is 36.4 Å². The Balaban J connectivity index is 1.56. The van der Waals surface area contributed by atoms with Crippen molar-refractivity contribution in [2.45, 2.75) is 52.4 Å². The molecule has 1 spiro atoms. The minimum absolute atomic E-state index is 0.0619. The van der Waals surface area contributed by atoms with Gasteiger partial charge < -0.3 is 0 Å². The second-order valence-electron chi connectivity index (χ2n) is 9.55. The summed E-state index contributed by atoms with van der Waals surface area (Å²) in [6.45, 7) is 6.18. The highest BCUT2D eigenvalue weighted by Crippen LogP contribution is 2.47. The molecule has 0 bridgehead atoms. The molecule has 1 saturated heterocycles. The summed E-state index contributed by atoms with van der Waals surface area (Å²) >= 11 is 0. The lowest BCUT2D eigenvalue weighted by atomic mass is 9.63. The van der Waals surface area contributed by atoms with E-state index in [1.165, 1.54) is 16.4 Å². The molecule has 7 heteroatoms. The Hall–Kier alpha value is -2.38. The highest BCUT2D eigenvalue weighted by atomic mass is 32.2. The number of sulfonamides is 1. The lowest BCUT2D eigenvalue weighted by molar-refractivity contribution is -0.138. The van der Waals surface area contributed by atoms with Crippen molar-refractivity contribution in [1.29, 1.82) is 0 Å². The predicted molar refractivity (Wildman–Crippen MR) is 126 cm³/mol. The maximum atomic E-state index is 13.3. The number of benzene rings is 2. The van der Waals surface area contributed by atoms with E-state index in [1.807, 2.05) is 26.0 Å². The van der Waals surface area contributed by atoms with Crippen LogP contribution in [0.2, 0.25) is 0 Å². The molecule has 0 atom stereocenters. The van der Waals surface area contributed by atoms with E-state index in [0.717, 1.165) is 27.8 Å². The number of hydrogen-bond donors (Lipinski definition) is 0. The Kier molecular flexibility index (Phi) is 6.31. The molecule has 33 heavy (non-hydrogen) atoms. The molecule has 176 valence electrons. The number of rotatable bonds is 4.